The molecule has 4 aliphatic carbocycles. The van der Waals surface area contributed by atoms with Crippen molar-refractivity contribution in [1.29, 1.82) is 0 Å². The minimum atomic E-state index is -2.17. The van der Waals surface area contributed by atoms with Crippen LogP contribution in [-0.2, 0) is 9.22 Å². The van der Waals surface area contributed by atoms with Crippen LogP contribution in [0.5, 0.6) is 0 Å². The normalized spacial score (nSPS) is 52.1. The van der Waals surface area contributed by atoms with Crippen molar-refractivity contribution in [3.63, 3.8) is 0 Å². The van der Waals surface area contributed by atoms with E-state index in [9.17, 15) is 25.2 Å². The molecule has 4 fully saturated rings. The lowest BCUT2D eigenvalue weighted by Crippen LogP contribution is -2.67. The SMILES string of the molecule is CC[Si](CC)(CC)O[C@H]1C[C@H]2C(=O)[C@]3(C[C@](C)(O)[C@H](O)[C@@]3(O)[C@@H]1O)[C@H](C)C[C@@H]1[C@H]2C1(C)C. The van der Waals surface area contributed by atoms with Crippen LogP contribution < -0.4 is 0 Å². The number of aliphatic hydroxyl groups excluding tert-OH is 2. The predicted octanol–water partition coefficient (Wildman–Crippen LogP) is 2.87. The third kappa shape index (κ3) is 2.84. The van der Waals surface area contributed by atoms with Gasteiger partial charge in [-0.1, -0.05) is 41.5 Å². The van der Waals surface area contributed by atoms with E-state index in [1.807, 2.05) is 6.92 Å². The van der Waals surface area contributed by atoms with Gasteiger partial charge in [-0.25, -0.2) is 0 Å². The second-order valence-electron chi connectivity index (χ2n) is 12.4. The molecule has 0 unspecified atom stereocenters. The summed E-state index contributed by atoms with van der Waals surface area (Å²) in [7, 11) is -2.17. The fourth-order valence-electron chi connectivity index (χ4n) is 8.50. The van der Waals surface area contributed by atoms with Crippen LogP contribution in [0.2, 0.25) is 18.1 Å². The second-order valence-corrected chi connectivity index (χ2v) is 17.1. The van der Waals surface area contributed by atoms with Crippen LogP contribution in [-0.4, -0.2) is 64.0 Å². The molecule has 1 spiro atoms. The van der Waals surface area contributed by atoms with E-state index in [4.69, 9.17) is 4.43 Å². The maximum absolute atomic E-state index is 14.4. The Balaban J connectivity index is 1.89. The number of carbonyl (C=O) groups is 1. The van der Waals surface area contributed by atoms with Crippen LogP contribution in [0.1, 0.15) is 67.7 Å². The molecular weight excluding hydrogens is 424 g/mol. The number of rotatable bonds is 5. The molecule has 0 saturated heterocycles. The fraction of sp³-hybridized carbons (Fsp3) is 0.960. The zero-order chi connectivity index (χ0) is 24.1. The van der Waals surface area contributed by atoms with Gasteiger partial charge in [0.15, 0.2) is 8.32 Å². The van der Waals surface area contributed by atoms with Gasteiger partial charge in [-0.15, -0.1) is 0 Å². The maximum atomic E-state index is 14.4. The molecule has 184 valence electrons. The molecule has 4 rings (SSSR count). The Bertz CT molecular complexity index is 770. The Morgan fingerprint density at radius 2 is 1.59 bits per heavy atom. The van der Waals surface area contributed by atoms with Crippen LogP contribution in [0.4, 0.5) is 0 Å². The summed E-state index contributed by atoms with van der Waals surface area (Å²) >= 11 is 0. The van der Waals surface area contributed by atoms with E-state index in [1.54, 1.807) is 0 Å². The van der Waals surface area contributed by atoms with Gasteiger partial charge in [0.1, 0.15) is 23.6 Å². The Morgan fingerprint density at radius 1 is 1.03 bits per heavy atom. The van der Waals surface area contributed by atoms with Crippen LogP contribution in [0.25, 0.3) is 0 Å². The number of hydrogen-bond acceptors (Lipinski definition) is 6. The van der Waals surface area contributed by atoms with Gasteiger partial charge in [-0.3, -0.25) is 4.79 Å². The molecule has 0 aliphatic heterocycles. The highest BCUT2D eigenvalue weighted by molar-refractivity contribution is 6.73. The molecule has 0 amide bonds. The highest BCUT2D eigenvalue weighted by Gasteiger charge is 2.80. The fourth-order valence-corrected chi connectivity index (χ4v) is 11.4. The van der Waals surface area contributed by atoms with E-state index in [0.717, 1.165) is 24.6 Å². The lowest BCUT2D eigenvalue weighted by molar-refractivity contribution is -0.224. The summed E-state index contributed by atoms with van der Waals surface area (Å²) in [6, 6.07) is 2.67. The first-order chi connectivity index (χ1) is 14.7. The zero-order valence-electron chi connectivity index (χ0n) is 20.9. The Hall–Kier alpha value is -0.313. The van der Waals surface area contributed by atoms with E-state index < -0.39 is 43.2 Å². The molecule has 6 nitrogen and oxygen atoms in total. The second kappa shape index (κ2) is 7.34. The highest BCUT2D eigenvalue weighted by atomic mass is 28.4. The van der Waals surface area contributed by atoms with Crippen LogP contribution in [0.3, 0.4) is 0 Å². The monoisotopic (exact) mass is 468 g/mol. The van der Waals surface area contributed by atoms with Crippen molar-refractivity contribution in [3.05, 3.63) is 0 Å². The topological polar surface area (TPSA) is 107 Å². The maximum Gasteiger partial charge on any atom is 0.192 e. The van der Waals surface area contributed by atoms with Gasteiger partial charge in [0.2, 0.25) is 0 Å². The molecule has 4 saturated carbocycles. The minimum Gasteiger partial charge on any atom is -0.411 e. The van der Waals surface area contributed by atoms with E-state index >= 15 is 0 Å². The third-order valence-corrected chi connectivity index (χ3v) is 15.4. The zero-order valence-corrected chi connectivity index (χ0v) is 21.9. The Labute approximate surface area is 193 Å². The highest BCUT2D eigenvalue weighted by Crippen LogP contribution is 2.73. The quantitative estimate of drug-likeness (QED) is 0.462. The van der Waals surface area contributed by atoms with Crippen molar-refractivity contribution in [2.45, 2.75) is 115 Å². The number of ketones is 1. The van der Waals surface area contributed by atoms with Crippen molar-refractivity contribution in [3.8, 4) is 0 Å². The van der Waals surface area contributed by atoms with E-state index in [1.165, 1.54) is 6.92 Å². The summed E-state index contributed by atoms with van der Waals surface area (Å²) in [5.41, 5.74) is -5.15. The number of fused-ring (bicyclic) bond motifs is 3. The summed E-state index contributed by atoms with van der Waals surface area (Å²) in [4.78, 5) is 14.4. The number of Topliss-reactive ketones (excluding diaryl/α,β-unsaturated/α-hetero) is 1. The average Bonchev–Trinajstić information content (AvgIpc) is 3.26. The van der Waals surface area contributed by atoms with Gasteiger partial charge in [-0.2, -0.15) is 0 Å². The summed E-state index contributed by atoms with van der Waals surface area (Å²) in [5.74, 6) is -0.140. The van der Waals surface area contributed by atoms with Gasteiger partial charge < -0.3 is 24.9 Å². The molecule has 0 aromatic rings. The van der Waals surface area contributed by atoms with Gasteiger partial charge >= 0.3 is 0 Å². The van der Waals surface area contributed by atoms with Crippen LogP contribution in [0, 0.1) is 34.5 Å². The van der Waals surface area contributed by atoms with Crippen LogP contribution >= 0.6 is 0 Å². The summed E-state index contributed by atoms with van der Waals surface area (Å²) < 4.78 is 6.76. The number of carbonyl (C=O) groups excluding carboxylic acids is 1. The van der Waals surface area contributed by atoms with Crippen molar-refractivity contribution in [1.82, 2.24) is 0 Å². The minimum absolute atomic E-state index is 0.0304. The Kier molecular flexibility index (Phi) is 5.69. The molecule has 7 heteroatoms. The average molecular weight is 469 g/mol. The van der Waals surface area contributed by atoms with Crippen molar-refractivity contribution < 1.29 is 29.6 Å². The van der Waals surface area contributed by atoms with Gasteiger partial charge in [0.05, 0.1) is 17.1 Å². The molecule has 0 radical (unpaired) electrons. The summed E-state index contributed by atoms with van der Waals surface area (Å²) in [6.45, 7) is 14.2. The largest absolute Gasteiger partial charge is 0.411 e. The van der Waals surface area contributed by atoms with E-state index in [2.05, 4.69) is 34.6 Å². The molecule has 10 atom stereocenters. The van der Waals surface area contributed by atoms with Crippen molar-refractivity contribution >= 4 is 14.1 Å². The van der Waals surface area contributed by atoms with Crippen LogP contribution in [0.15, 0.2) is 0 Å². The molecule has 0 heterocycles. The molecule has 4 aliphatic rings. The summed E-state index contributed by atoms with van der Waals surface area (Å²) in [6.07, 6.45) is -2.68. The molecule has 4 N–H and O–H groups in total. The molecule has 2 bridgehead atoms. The molecule has 0 aromatic carbocycles. The van der Waals surface area contributed by atoms with Crippen molar-refractivity contribution in [2.75, 3.05) is 0 Å². The van der Waals surface area contributed by atoms with Crippen molar-refractivity contribution in [2.24, 2.45) is 34.5 Å². The molecule has 32 heavy (non-hydrogen) atoms. The first kappa shape index (κ1) is 24.8. The molecular formula is C25H44O6Si. The third-order valence-electron chi connectivity index (χ3n) is 10.8. The van der Waals surface area contributed by atoms with E-state index in [0.29, 0.717) is 12.3 Å². The predicted molar refractivity (Wildman–Crippen MR) is 124 cm³/mol. The Morgan fingerprint density at radius 3 is 2.12 bits per heavy atom. The smallest absolute Gasteiger partial charge is 0.192 e. The van der Waals surface area contributed by atoms with E-state index in [-0.39, 0.29) is 35.4 Å². The van der Waals surface area contributed by atoms with Gasteiger partial charge in [0.25, 0.3) is 0 Å². The lowest BCUT2D eigenvalue weighted by atomic mass is 9.59. The molecule has 0 aromatic heterocycles. The summed E-state index contributed by atoms with van der Waals surface area (Å²) in [5, 5.41) is 46.3. The standard InChI is InChI=1S/C25H44O6Si/c1-8-32(9-2,10-3)31-17-12-15-18-16(22(18,5)6)11-14(4)24(19(15)26)13-23(7,29)21(28)25(24,30)20(17)27/h14-18,20-21,27-30H,8-13H2,1-7H3/t14-,15-,16-,17+,18+,20-,21+,23+,24+,25+/m1/s1. The first-order valence-electron chi connectivity index (χ1n) is 12.7. The lowest BCUT2D eigenvalue weighted by Gasteiger charge is -2.49. The first-order valence-corrected chi connectivity index (χ1v) is 15.3. The van der Waals surface area contributed by atoms with Gasteiger partial charge in [0, 0.05) is 5.92 Å². The number of aliphatic hydroxyl groups is 4. The number of hydrogen-bond donors (Lipinski definition) is 4. The van der Waals surface area contributed by atoms with Gasteiger partial charge in [-0.05, 0) is 67.5 Å².